The molecule has 0 unspecified atom stereocenters. The highest BCUT2D eigenvalue weighted by atomic mass is 19.1. The van der Waals surface area contributed by atoms with Gasteiger partial charge in [0.2, 0.25) is 0 Å². The zero-order valence-corrected chi connectivity index (χ0v) is 8.78. The molecule has 2 rings (SSSR count). The van der Waals surface area contributed by atoms with Gasteiger partial charge in [0.25, 0.3) is 0 Å². The monoisotopic (exact) mass is 252 g/mol. The van der Waals surface area contributed by atoms with E-state index in [2.05, 4.69) is 9.97 Å². The van der Waals surface area contributed by atoms with E-state index in [1.807, 2.05) is 0 Å². The highest BCUT2D eigenvalue weighted by molar-refractivity contribution is 5.89. The minimum Gasteiger partial charge on any atom is -0.478 e. The van der Waals surface area contributed by atoms with Crippen molar-refractivity contribution in [1.29, 1.82) is 0 Å². The zero-order valence-electron chi connectivity index (χ0n) is 8.78. The molecular formula is C11H6F2N2O3. The first kappa shape index (κ1) is 11.9. The van der Waals surface area contributed by atoms with Crippen molar-refractivity contribution in [2.75, 3.05) is 0 Å². The second-order valence-corrected chi connectivity index (χ2v) is 3.45. The molecule has 0 aliphatic carbocycles. The quantitative estimate of drug-likeness (QED) is 0.846. The fourth-order valence-electron chi connectivity index (χ4n) is 1.45. The molecule has 0 spiro atoms. The van der Waals surface area contributed by atoms with Crippen molar-refractivity contribution >= 4 is 5.97 Å². The van der Waals surface area contributed by atoms with Crippen LogP contribution in [0.15, 0.2) is 29.2 Å². The molecule has 1 heterocycles. The van der Waals surface area contributed by atoms with Gasteiger partial charge in [-0.3, -0.25) is 0 Å². The molecule has 2 N–H and O–H groups in total. The van der Waals surface area contributed by atoms with Gasteiger partial charge in [0, 0.05) is 5.56 Å². The summed E-state index contributed by atoms with van der Waals surface area (Å²) in [5, 5.41) is 8.76. The van der Waals surface area contributed by atoms with Crippen LogP contribution in [-0.4, -0.2) is 21.0 Å². The first-order chi connectivity index (χ1) is 8.47. The van der Waals surface area contributed by atoms with Crippen LogP contribution in [-0.2, 0) is 0 Å². The number of hydrogen-bond donors (Lipinski definition) is 2. The molecule has 0 aliphatic rings. The predicted octanol–water partition coefficient (Wildman–Crippen LogP) is 1.41. The molecule has 2 aromatic rings. The lowest BCUT2D eigenvalue weighted by Gasteiger charge is -2.04. The molecule has 0 saturated carbocycles. The SMILES string of the molecule is O=C(O)c1cc(F)cc(-c2[nH]c(=O)ncc2F)c1. The average molecular weight is 252 g/mol. The van der Waals surface area contributed by atoms with E-state index in [1.54, 1.807) is 0 Å². The molecule has 0 atom stereocenters. The second kappa shape index (κ2) is 4.36. The number of benzene rings is 1. The van der Waals surface area contributed by atoms with Gasteiger partial charge < -0.3 is 10.1 Å². The summed E-state index contributed by atoms with van der Waals surface area (Å²) in [4.78, 5) is 27.0. The van der Waals surface area contributed by atoms with Gasteiger partial charge >= 0.3 is 11.7 Å². The Morgan fingerprint density at radius 2 is 2.00 bits per heavy atom. The lowest BCUT2D eigenvalue weighted by molar-refractivity contribution is 0.0696. The Morgan fingerprint density at radius 3 is 2.67 bits per heavy atom. The Bertz CT molecular complexity index is 682. The van der Waals surface area contributed by atoms with Crippen molar-refractivity contribution < 1.29 is 18.7 Å². The summed E-state index contributed by atoms with van der Waals surface area (Å²) in [6.07, 6.45) is 0.680. The molecule has 0 amide bonds. The smallest absolute Gasteiger partial charge is 0.345 e. The fraction of sp³-hybridized carbons (Fsp3) is 0. The van der Waals surface area contributed by atoms with E-state index in [1.165, 1.54) is 0 Å². The van der Waals surface area contributed by atoms with Gasteiger partial charge in [-0.05, 0) is 18.2 Å². The number of carbonyl (C=O) groups is 1. The Kier molecular flexibility index (Phi) is 2.88. The molecular weight excluding hydrogens is 246 g/mol. The zero-order chi connectivity index (χ0) is 13.3. The Labute approximate surface area is 98.7 Å². The summed E-state index contributed by atoms with van der Waals surface area (Å²) >= 11 is 0. The van der Waals surface area contributed by atoms with Crippen LogP contribution in [0.2, 0.25) is 0 Å². The summed E-state index contributed by atoms with van der Waals surface area (Å²) in [5.74, 6) is -3.08. The molecule has 0 aliphatic heterocycles. The third kappa shape index (κ3) is 2.24. The number of rotatable bonds is 2. The summed E-state index contributed by atoms with van der Waals surface area (Å²) in [5.41, 5.74) is -1.55. The average Bonchev–Trinajstić information content (AvgIpc) is 2.31. The third-order valence-corrected chi connectivity index (χ3v) is 2.20. The van der Waals surface area contributed by atoms with Crippen molar-refractivity contribution in [1.82, 2.24) is 9.97 Å². The van der Waals surface area contributed by atoms with E-state index in [0.717, 1.165) is 18.2 Å². The number of carboxylic acid groups (broad SMARTS) is 1. The van der Waals surface area contributed by atoms with Crippen LogP contribution < -0.4 is 5.69 Å². The van der Waals surface area contributed by atoms with E-state index in [0.29, 0.717) is 6.20 Å². The molecule has 5 nitrogen and oxygen atoms in total. The number of aromatic amines is 1. The number of aromatic carboxylic acids is 1. The topological polar surface area (TPSA) is 83.0 Å². The van der Waals surface area contributed by atoms with Gasteiger partial charge in [0.05, 0.1) is 17.5 Å². The van der Waals surface area contributed by atoms with Crippen molar-refractivity contribution in [3.05, 3.63) is 52.1 Å². The van der Waals surface area contributed by atoms with Gasteiger partial charge in [-0.15, -0.1) is 0 Å². The molecule has 0 bridgehead atoms. The summed E-state index contributed by atoms with van der Waals surface area (Å²) < 4.78 is 26.6. The number of hydrogen-bond acceptors (Lipinski definition) is 3. The van der Waals surface area contributed by atoms with Crippen LogP contribution >= 0.6 is 0 Å². The number of halogens is 2. The van der Waals surface area contributed by atoms with Gasteiger partial charge in [-0.1, -0.05) is 0 Å². The van der Waals surface area contributed by atoms with Crippen molar-refractivity contribution in [3.63, 3.8) is 0 Å². The van der Waals surface area contributed by atoms with Crippen molar-refractivity contribution in [3.8, 4) is 11.3 Å². The van der Waals surface area contributed by atoms with Gasteiger partial charge in [0.15, 0.2) is 5.82 Å². The first-order valence-corrected chi connectivity index (χ1v) is 4.76. The minimum absolute atomic E-state index is 0.0793. The van der Waals surface area contributed by atoms with Gasteiger partial charge in [-0.2, -0.15) is 4.98 Å². The molecule has 0 fully saturated rings. The largest absolute Gasteiger partial charge is 0.478 e. The Balaban J connectivity index is 2.67. The Hall–Kier alpha value is -2.57. The molecule has 1 aromatic carbocycles. The number of carboxylic acids is 1. The minimum atomic E-state index is -1.35. The van der Waals surface area contributed by atoms with E-state index in [9.17, 15) is 18.4 Å². The number of aromatic nitrogens is 2. The third-order valence-electron chi connectivity index (χ3n) is 2.20. The van der Waals surface area contributed by atoms with Crippen LogP contribution in [0, 0.1) is 11.6 Å². The van der Waals surface area contributed by atoms with Gasteiger partial charge in [0.1, 0.15) is 5.82 Å². The molecule has 0 saturated heterocycles. The number of nitrogens with zero attached hydrogens (tertiary/aromatic N) is 1. The maximum Gasteiger partial charge on any atom is 0.345 e. The number of nitrogens with one attached hydrogen (secondary N) is 1. The summed E-state index contributed by atoms with van der Waals surface area (Å²) in [7, 11) is 0. The van der Waals surface area contributed by atoms with Crippen LogP contribution in [0.1, 0.15) is 10.4 Å². The van der Waals surface area contributed by atoms with Gasteiger partial charge in [-0.25, -0.2) is 18.4 Å². The lowest BCUT2D eigenvalue weighted by atomic mass is 10.1. The van der Waals surface area contributed by atoms with E-state index in [4.69, 9.17) is 5.11 Å². The Morgan fingerprint density at radius 1 is 1.28 bits per heavy atom. The molecule has 1 aromatic heterocycles. The molecule has 18 heavy (non-hydrogen) atoms. The van der Waals surface area contributed by atoms with Crippen LogP contribution in [0.3, 0.4) is 0 Å². The normalized spacial score (nSPS) is 10.3. The lowest BCUT2D eigenvalue weighted by Crippen LogP contribution is -2.12. The predicted molar refractivity (Wildman–Crippen MR) is 57.2 cm³/mol. The van der Waals surface area contributed by atoms with E-state index >= 15 is 0 Å². The highest BCUT2D eigenvalue weighted by Gasteiger charge is 2.12. The second-order valence-electron chi connectivity index (χ2n) is 3.45. The number of H-pyrrole nitrogens is 1. The molecule has 0 radical (unpaired) electrons. The summed E-state index contributed by atoms with van der Waals surface area (Å²) in [6.45, 7) is 0. The van der Waals surface area contributed by atoms with E-state index in [-0.39, 0.29) is 16.8 Å². The standard InChI is InChI=1S/C11H6F2N2O3/c12-7-2-5(1-6(3-7)10(16)17)9-8(13)4-14-11(18)15-9/h1-4H,(H,16,17)(H,14,15,18). The highest BCUT2D eigenvalue weighted by Crippen LogP contribution is 2.21. The summed E-state index contributed by atoms with van der Waals surface area (Å²) in [6, 6.07) is 2.77. The maximum atomic E-state index is 13.4. The first-order valence-electron chi connectivity index (χ1n) is 4.76. The van der Waals surface area contributed by atoms with Crippen LogP contribution in [0.5, 0.6) is 0 Å². The fourth-order valence-corrected chi connectivity index (χ4v) is 1.45. The van der Waals surface area contributed by atoms with Crippen LogP contribution in [0.25, 0.3) is 11.3 Å². The molecule has 7 heteroatoms. The van der Waals surface area contributed by atoms with Crippen molar-refractivity contribution in [2.24, 2.45) is 0 Å². The maximum absolute atomic E-state index is 13.4. The van der Waals surface area contributed by atoms with Crippen molar-refractivity contribution in [2.45, 2.75) is 0 Å². The van der Waals surface area contributed by atoms with Crippen LogP contribution in [0.4, 0.5) is 8.78 Å². The van der Waals surface area contributed by atoms with E-state index < -0.39 is 23.3 Å². The molecule has 92 valence electrons.